The summed E-state index contributed by atoms with van der Waals surface area (Å²) in [4.78, 5) is 18.4. The second-order valence-corrected chi connectivity index (χ2v) is 6.98. The monoisotopic (exact) mass is 396 g/mol. The summed E-state index contributed by atoms with van der Waals surface area (Å²) in [6.45, 7) is -0.275. The number of nitrogens with zero attached hydrogens (tertiary/aromatic N) is 1. The lowest BCUT2D eigenvalue weighted by Crippen LogP contribution is -2.19. The van der Waals surface area contributed by atoms with Crippen LogP contribution in [0.5, 0.6) is 5.75 Å². The molecule has 1 atom stereocenters. The van der Waals surface area contributed by atoms with E-state index in [0.29, 0.717) is 23.4 Å². The molecule has 150 valence electrons. The van der Waals surface area contributed by atoms with Crippen molar-refractivity contribution in [1.82, 2.24) is 9.97 Å². The van der Waals surface area contributed by atoms with Crippen molar-refractivity contribution in [2.24, 2.45) is 0 Å². The number of aliphatic carboxylic acids is 1. The summed E-state index contributed by atoms with van der Waals surface area (Å²) in [5, 5.41) is 9.63. The second-order valence-electron chi connectivity index (χ2n) is 6.98. The highest BCUT2D eigenvalue weighted by molar-refractivity contribution is 5.96. The number of hydrogen-bond donors (Lipinski definition) is 2. The molecule has 2 aromatic heterocycles. The number of nitrogens with one attached hydrogen (secondary N) is 1. The number of fused-ring (bicyclic) bond motifs is 1. The van der Waals surface area contributed by atoms with Crippen LogP contribution in [0.25, 0.3) is 27.7 Å². The molecule has 0 spiro atoms. The summed E-state index contributed by atoms with van der Waals surface area (Å²) in [5.41, 5.74) is 4.31. The lowest BCUT2D eigenvalue weighted by Gasteiger charge is -2.21. The van der Waals surface area contributed by atoms with Crippen LogP contribution in [0.4, 0.5) is 4.39 Å². The Bertz CT molecular complexity index is 1090. The number of ether oxygens (including phenoxy) is 2. The molecule has 2 N–H and O–H groups in total. The SMILES string of the molecule is COc1ccc(F)cc1-c1ccnc2[nH]c(C3=CCC(OCC(=O)O)CC3)cc12. The number of carboxylic acids is 1. The van der Waals surface area contributed by atoms with Crippen LogP contribution < -0.4 is 4.74 Å². The molecule has 0 bridgehead atoms. The van der Waals surface area contributed by atoms with E-state index in [1.165, 1.54) is 12.1 Å². The Morgan fingerprint density at radius 2 is 2.17 bits per heavy atom. The standard InChI is InChI=1S/C22H21FN2O4/c1-28-20-7-4-14(23)10-17(20)16-8-9-24-22-18(16)11-19(25-22)13-2-5-15(6-3-13)29-12-21(26)27/h2,4,7-11,15H,3,5-6,12H2,1H3,(H,24,25)(H,26,27). The molecule has 0 saturated carbocycles. The zero-order chi connectivity index (χ0) is 20.4. The molecule has 0 aliphatic heterocycles. The van der Waals surface area contributed by atoms with E-state index in [-0.39, 0.29) is 18.5 Å². The van der Waals surface area contributed by atoms with E-state index in [1.54, 1.807) is 19.4 Å². The summed E-state index contributed by atoms with van der Waals surface area (Å²) in [6, 6.07) is 8.32. The number of benzene rings is 1. The molecule has 6 nitrogen and oxygen atoms in total. The summed E-state index contributed by atoms with van der Waals surface area (Å²) in [5.74, 6) is -0.692. The number of rotatable bonds is 6. The van der Waals surface area contributed by atoms with Crippen LogP contribution in [0.1, 0.15) is 25.0 Å². The fraction of sp³-hybridized carbons (Fsp3) is 0.273. The Morgan fingerprint density at radius 3 is 2.90 bits per heavy atom. The molecule has 4 rings (SSSR count). The molecular formula is C22H21FN2O4. The second kappa shape index (κ2) is 8.05. The van der Waals surface area contributed by atoms with E-state index in [0.717, 1.165) is 35.1 Å². The number of allylic oxidation sites excluding steroid dienone is 1. The van der Waals surface area contributed by atoms with E-state index in [2.05, 4.69) is 16.0 Å². The van der Waals surface area contributed by atoms with Gasteiger partial charge in [0.05, 0.1) is 13.2 Å². The number of aromatic nitrogens is 2. The van der Waals surface area contributed by atoms with Gasteiger partial charge in [0.2, 0.25) is 0 Å². The maximum Gasteiger partial charge on any atom is 0.329 e. The van der Waals surface area contributed by atoms with Crippen LogP contribution in [-0.2, 0) is 9.53 Å². The van der Waals surface area contributed by atoms with E-state index in [1.807, 2.05) is 12.1 Å². The lowest BCUT2D eigenvalue weighted by atomic mass is 9.94. The van der Waals surface area contributed by atoms with E-state index in [9.17, 15) is 9.18 Å². The van der Waals surface area contributed by atoms with Gasteiger partial charge in [0.25, 0.3) is 0 Å². The Hall–Kier alpha value is -3.19. The number of carboxylic acid groups (broad SMARTS) is 1. The molecule has 1 aliphatic rings. The maximum absolute atomic E-state index is 13.9. The van der Waals surface area contributed by atoms with Crippen molar-refractivity contribution in [1.29, 1.82) is 0 Å². The largest absolute Gasteiger partial charge is 0.496 e. The molecule has 7 heteroatoms. The molecular weight excluding hydrogens is 375 g/mol. The fourth-order valence-corrected chi connectivity index (χ4v) is 3.72. The molecule has 1 aliphatic carbocycles. The van der Waals surface area contributed by atoms with E-state index in [4.69, 9.17) is 14.6 Å². The van der Waals surface area contributed by atoms with Gasteiger partial charge in [-0.2, -0.15) is 0 Å². The van der Waals surface area contributed by atoms with Gasteiger partial charge in [-0.1, -0.05) is 6.08 Å². The molecule has 1 unspecified atom stereocenters. The highest BCUT2D eigenvalue weighted by Crippen LogP contribution is 2.37. The van der Waals surface area contributed by atoms with Gasteiger partial charge in [-0.05, 0) is 60.7 Å². The highest BCUT2D eigenvalue weighted by atomic mass is 19.1. The number of H-pyrrole nitrogens is 1. The molecule has 0 amide bonds. The normalized spacial score (nSPS) is 16.6. The number of aromatic amines is 1. The van der Waals surface area contributed by atoms with Gasteiger partial charge >= 0.3 is 5.97 Å². The van der Waals surface area contributed by atoms with E-state index < -0.39 is 5.97 Å². The minimum absolute atomic E-state index is 0.0792. The molecule has 29 heavy (non-hydrogen) atoms. The van der Waals surface area contributed by atoms with Crippen molar-refractivity contribution in [2.45, 2.75) is 25.4 Å². The van der Waals surface area contributed by atoms with Crippen LogP contribution in [0.15, 0.2) is 42.6 Å². The third-order valence-corrected chi connectivity index (χ3v) is 5.13. The van der Waals surface area contributed by atoms with Gasteiger partial charge in [0.1, 0.15) is 23.8 Å². The quantitative estimate of drug-likeness (QED) is 0.645. The number of hydrogen-bond acceptors (Lipinski definition) is 4. The number of methoxy groups -OCH3 is 1. The minimum Gasteiger partial charge on any atom is -0.496 e. The minimum atomic E-state index is -0.957. The summed E-state index contributed by atoms with van der Waals surface area (Å²) in [6.07, 6.45) is 5.87. The first-order valence-electron chi connectivity index (χ1n) is 9.39. The molecule has 0 fully saturated rings. The first-order chi connectivity index (χ1) is 14.0. The Morgan fingerprint density at radius 1 is 1.31 bits per heavy atom. The van der Waals surface area contributed by atoms with Gasteiger partial charge in [-0.15, -0.1) is 0 Å². The van der Waals surface area contributed by atoms with Crippen LogP contribution in [-0.4, -0.2) is 40.9 Å². The van der Waals surface area contributed by atoms with Crippen molar-refractivity contribution in [3.8, 4) is 16.9 Å². The average molecular weight is 396 g/mol. The van der Waals surface area contributed by atoms with Gasteiger partial charge < -0.3 is 19.6 Å². The maximum atomic E-state index is 13.9. The molecule has 0 radical (unpaired) electrons. The van der Waals surface area contributed by atoms with Crippen molar-refractivity contribution in [3.63, 3.8) is 0 Å². The number of carbonyl (C=O) groups is 1. The smallest absolute Gasteiger partial charge is 0.329 e. The molecule has 1 aromatic carbocycles. The molecule has 0 saturated heterocycles. The Labute approximate surface area is 167 Å². The zero-order valence-electron chi connectivity index (χ0n) is 15.9. The van der Waals surface area contributed by atoms with Gasteiger partial charge in [-0.25, -0.2) is 14.2 Å². The van der Waals surface area contributed by atoms with Gasteiger partial charge in [0.15, 0.2) is 0 Å². The third-order valence-electron chi connectivity index (χ3n) is 5.13. The first kappa shape index (κ1) is 19.1. The summed E-state index contributed by atoms with van der Waals surface area (Å²) < 4.78 is 24.7. The third kappa shape index (κ3) is 4.00. The highest BCUT2D eigenvalue weighted by Gasteiger charge is 2.19. The lowest BCUT2D eigenvalue weighted by molar-refractivity contribution is -0.144. The van der Waals surface area contributed by atoms with Crippen LogP contribution >= 0.6 is 0 Å². The Kier molecular flexibility index (Phi) is 5.31. The fourth-order valence-electron chi connectivity index (χ4n) is 3.72. The molecule has 2 heterocycles. The number of pyridine rings is 1. The average Bonchev–Trinajstić information content (AvgIpc) is 3.17. The van der Waals surface area contributed by atoms with Crippen LogP contribution in [0, 0.1) is 5.82 Å². The van der Waals surface area contributed by atoms with Gasteiger partial charge in [0, 0.05) is 22.8 Å². The Balaban J connectivity index is 1.66. The zero-order valence-corrected chi connectivity index (χ0v) is 15.9. The predicted octanol–water partition coefficient (Wildman–Crippen LogP) is 4.41. The van der Waals surface area contributed by atoms with Crippen molar-refractivity contribution < 1.29 is 23.8 Å². The van der Waals surface area contributed by atoms with Crippen molar-refractivity contribution >= 4 is 22.6 Å². The number of halogens is 1. The van der Waals surface area contributed by atoms with E-state index >= 15 is 0 Å². The van der Waals surface area contributed by atoms with Crippen molar-refractivity contribution in [2.75, 3.05) is 13.7 Å². The van der Waals surface area contributed by atoms with Crippen molar-refractivity contribution in [3.05, 3.63) is 54.1 Å². The van der Waals surface area contributed by atoms with Crippen LogP contribution in [0.3, 0.4) is 0 Å². The summed E-state index contributed by atoms with van der Waals surface area (Å²) >= 11 is 0. The van der Waals surface area contributed by atoms with Crippen LogP contribution in [0.2, 0.25) is 0 Å². The molecule has 3 aromatic rings. The summed E-state index contributed by atoms with van der Waals surface area (Å²) in [7, 11) is 1.56. The predicted molar refractivity (Wildman–Crippen MR) is 107 cm³/mol. The first-order valence-corrected chi connectivity index (χ1v) is 9.39. The topological polar surface area (TPSA) is 84.4 Å². The van der Waals surface area contributed by atoms with Gasteiger partial charge in [-0.3, -0.25) is 0 Å².